The van der Waals surface area contributed by atoms with Crippen molar-refractivity contribution in [1.29, 1.82) is 0 Å². The summed E-state index contributed by atoms with van der Waals surface area (Å²) in [5, 5.41) is 3.31. The van der Waals surface area contributed by atoms with Crippen molar-refractivity contribution in [3.05, 3.63) is 35.4 Å². The Hall–Kier alpha value is -0.900. The summed E-state index contributed by atoms with van der Waals surface area (Å²) in [4.78, 5) is 5.08. The molecule has 0 aromatic heterocycles. The highest BCUT2D eigenvalue weighted by atomic mass is 15.3. The molecule has 0 aliphatic carbocycles. The van der Waals surface area contributed by atoms with Gasteiger partial charge in [0.25, 0.3) is 0 Å². The van der Waals surface area contributed by atoms with E-state index in [9.17, 15) is 0 Å². The van der Waals surface area contributed by atoms with Gasteiger partial charge in [-0.3, -0.25) is 9.80 Å². The molecule has 0 spiro atoms. The second kappa shape index (κ2) is 6.51. The van der Waals surface area contributed by atoms with Gasteiger partial charge in [0.15, 0.2) is 0 Å². The maximum atomic E-state index is 3.31. The van der Waals surface area contributed by atoms with Crippen molar-refractivity contribution in [3.63, 3.8) is 0 Å². The summed E-state index contributed by atoms with van der Waals surface area (Å²) >= 11 is 0. The van der Waals surface area contributed by atoms with Crippen LogP contribution in [-0.4, -0.2) is 55.6 Å². The summed E-state index contributed by atoms with van der Waals surface area (Å²) in [7, 11) is 4.28. The van der Waals surface area contributed by atoms with Crippen LogP contribution in [0, 0.1) is 6.92 Å². The quantitative estimate of drug-likeness (QED) is 0.890. The van der Waals surface area contributed by atoms with Crippen molar-refractivity contribution in [2.75, 3.05) is 33.7 Å². The first kappa shape index (κ1) is 14.5. The van der Waals surface area contributed by atoms with Crippen LogP contribution in [0.2, 0.25) is 0 Å². The maximum absolute atomic E-state index is 3.31. The van der Waals surface area contributed by atoms with Crippen molar-refractivity contribution in [3.8, 4) is 0 Å². The van der Waals surface area contributed by atoms with Gasteiger partial charge in [-0.1, -0.05) is 29.8 Å². The molecule has 2 atom stereocenters. The minimum atomic E-state index is 0.617. The molecule has 0 radical (unpaired) electrons. The average molecular weight is 261 g/mol. The molecule has 1 aromatic carbocycles. The van der Waals surface area contributed by atoms with E-state index in [0.29, 0.717) is 12.1 Å². The van der Waals surface area contributed by atoms with E-state index in [1.807, 2.05) is 7.05 Å². The van der Waals surface area contributed by atoms with E-state index in [4.69, 9.17) is 0 Å². The van der Waals surface area contributed by atoms with Crippen LogP contribution in [0.5, 0.6) is 0 Å². The van der Waals surface area contributed by atoms with Gasteiger partial charge in [0, 0.05) is 38.3 Å². The fourth-order valence-electron chi connectivity index (χ4n) is 2.88. The van der Waals surface area contributed by atoms with E-state index in [0.717, 1.165) is 26.2 Å². The molecule has 19 heavy (non-hydrogen) atoms. The molecule has 2 rings (SSSR count). The summed E-state index contributed by atoms with van der Waals surface area (Å²) in [6, 6.07) is 10.2. The van der Waals surface area contributed by atoms with E-state index in [-0.39, 0.29) is 0 Å². The van der Waals surface area contributed by atoms with Crippen LogP contribution in [0.3, 0.4) is 0 Å². The number of hydrogen-bond donors (Lipinski definition) is 1. The third-order valence-electron chi connectivity index (χ3n) is 4.19. The Morgan fingerprint density at radius 2 is 1.89 bits per heavy atom. The van der Waals surface area contributed by atoms with Crippen molar-refractivity contribution >= 4 is 0 Å². The number of nitrogens with zero attached hydrogens (tertiary/aromatic N) is 2. The van der Waals surface area contributed by atoms with E-state index in [2.05, 4.69) is 60.3 Å². The van der Waals surface area contributed by atoms with Crippen molar-refractivity contribution in [1.82, 2.24) is 15.1 Å². The highest BCUT2D eigenvalue weighted by Crippen LogP contribution is 2.17. The molecule has 3 nitrogen and oxygen atoms in total. The number of rotatable bonds is 4. The number of benzene rings is 1. The third kappa shape index (κ3) is 3.78. The Kier molecular flexibility index (Phi) is 4.97. The topological polar surface area (TPSA) is 18.5 Å². The van der Waals surface area contributed by atoms with Crippen molar-refractivity contribution in [2.24, 2.45) is 0 Å². The smallest absolute Gasteiger partial charge is 0.0345 e. The van der Waals surface area contributed by atoms with Gasteiger partial charge in [-0.2, -0.15) is 0 Å². The zero-order valence-electron chi connectivity index (χ0n) is 12.7. The SMILES string of the molecule is CNCC1CN(Cc2ccc(C)cc2)C(C)CN1C. The minimum absolute atomic E-state index is 0.617. The van der Waals surface area contributed by atoms with Crippen LogP contribution in [-0.2, 0) is 6.54 Å². The van der Waals surface area contributed by atoms with E-state index >= 15 is 0 Å². The number of likely N-dealkylation sites (N-methyl/N-ethyl adjacent to an activating group) is 2. The number of hydrogen-bond acceptors (Lipinski definition) is 3. The van der Waals surface area contributed by atoms with Crippen LogP contribution >= 0.6 is 0 Å². The standard InChI is InChI=1S/C16H27N3/c1-13-5-7-15(8-6-13)11-19-12-16(9-17-3)18(4)10-14(19)2/h5-8,14,16-17H,9-12H2,1-4H3. The molecule has 1 heterocycles. The zero-order valence-corrected chi connectivity index (χ0v) is 12.7. The summed E-state index contributed by atoms with van der Waals surface area (Å²) in [6.45, 7) is 8.90. The van der Waals surface area contributed by atoms with Gasteiger partial charge in [0.2, 0.25) is 0 Å². The molecule has 3 heteroatoms. The molecule has 106 valence electrons. The van der Waals surface area contributed by atoms with Gasteiger partial charge in [-0.05, 0) is 33.5 Å². The van der Waals surface area contributed by atoms with Gasteiger partial charge < -0.3 is 5.32 Å². The summed E-state index contributed by atoms with van der Waals surface area (Å²) < 4.78 is 0. The molecule has 0 bridgehead atoms. The van der Waals surface area contributed by atoms with E-state index < -0.39 is 0 Å². The number of piperazine rings is 1. The molecule has 0 saturated carbocycles. The minimum Gasteiger partial charge on any atom is -0.318 e. The second-order valence-electron chi connectivity index (χ2n) is 5.92. The molecule has 1 aromatic rings. The molecule has 2 unspecified atom stereocenters. The number of aryl methyl sites for hydroxylation is 1. The Labute approximate surface area is 117 Å². The van der Waals surface area contributed by atoms with Gasteiger partial charge in [0.1, 0.15) is 0 Å². The Bertz CT molecular complexity index is 387. The molecule has 1 aliphatic heterocycles. The highest BCUT2D eigenvalue weighted by molar-refractivity contribution is 5.21. The summed E-state index contributed by atoms with van der Waals surface area (Å²) in [5.74, 6) is 0. The van der Waals surface area contributed by atoms with Crippen LogP contribution in [0.15, 0.2) is 24.3 Å². The Balaban J connectivity index is 2.00. The molecular formula is C16H27N3. The van der Waals surface area contributed by atoms with Crippen molar-refractivity contribution < 1.29 is 0 Å². The Morgan fingerprint density at radius 3 is 2.53 bits per heavy atom. The Morgan fingerprint density at radius 1 is 1.21 bits per heavy atom. The molecule has 1 fully saturated rings. The van der Waals surface area contributed by atoms with Crippen LogP contribution in [0.4, 0.5) is 0 Å². The lowest BCUT2D eigenvalue weighted by molar-refractivity contribution is 0.0477. The monoisotopic (exact) mass is 261 g/mol. The molecule has 0 amide bonds. The highest BCUT2D eigenvalue weighted by Gasteiger charge is 2.28. The average Bonchev–Trinajstić information content (AvgIpc) is 2.38. The van der Waals surface area contributed by atoms with Crippen LogP contribution in [0.25, 0.3) is 0 Å². The normalized spacial score (nSPS) is 25.7. The first-order valence-electron chi connectivity index (χ1n) is 7.24. The van der Waals surface area contributed by atoms with Gasteiger partial charge >= 0.3 is 0 Å². The third-order valence-corrected chi connectivity index (χ3v) is 4.19. The van der Waals surface area contributed by atoms with Gasteiger partial charge in [-0.25, -0.2) is 0 Å². The molecular weight excluding hydrogens is 234 g/mol. The van der Waals surface area contributed by atoms with Crippen LogP contribution in [0.1, 0.15) is 18.1 Å². The lowest BCUT2D eigenvalue weighted by Crippen LogP contribution is -2.58. The largest absolute Gasteiger partial charge is 0.318 e. The predicted molar refractivity (Wildman–Crippen MR) is 81.4 cm³/mol. The fraction of sp³-hybridized carbons (Fsp3) is 0.625. The second-order valence-corrected chi connectivity index (χ2v) is 5.92. The lowest BCUT2D eigenvalue weighted by Gasteiger charge is -2.43. The predicted octanol–water partition coefficient (Wildman–Crippen LogP) is 1.72. The first-order valence-corrected chi connectivity index (χ1v) is 7.24. The van der Waals surface area contributed by atoms with E-state index in [1.54, 1.807) is 0 Å². The van der Waals surface area contributed by atoms with Gasteiger partial charge in [-0.15, -0.1) is 0 Å². The fourth-order valence-corrected chi connectivity index (χ4v) is 2.88. The first-order chi connectivity index (χ1) is 9.10. The van der Waals surface area contributed by atoms with Gasteiger partial charge in [0.05, 0.1) is 0 Å². The summed E-state index contributed by atoms with van der Waals surface area (Å²) in [6.07, 6.45) is 0. The van der Waals surface area contributed by atoms with E-state index in [1.165, 1.54) is 11.1 Å². The van der Waals surface area contributed by atoms with Crippen molar-refractivity contribution in [2.45, 2.75) is 32.5 Å². The number of nitrogens with one attached hydrogen (secondary N) is 1. The molecule has 1 N–H and O–H groups in total. The zero-order chi connectivity index (χ0) is 13.8. The summed E-state index contributed by atoms with van der Waals surface area (Å²) in [5.41, 5.74) is 2.76. The lowest BCUT2D eigenvalue weighted by atomic mass is 10.1. The molecule has 1 aliphatic rings. The maximum Gasteiger partial charge on any atom is 0.0345 e. The van der Waals surface area contributed by atoms with Crippen LogP contribution < -0.4 is 5.32 Å². The molecule has 1 saturated heterocycles.